The highest BCUT2D eigenvalue weighted by Crippen LogP contribution is 2.32. The molecule has 0 radical (unpaired) electrons. The lowest BCUT2D eigenvalue weighted by atomic mass is 9.89. The van der Waals surface area contributed by atoms with Crippen LogP contribution in [0, 0.1) is 11.2 Å². The van der Waals surface area contributed by atoms with E-state index in [1.165, 1.54) is 29.2 Å². The van der Waals surface area contributed by atoms with Crippen molar-refractivity contribution in [3.8, 4) is 5.75 Å². The van der Waals surface area contributed by atoms with Crippen molar-refractivity contribution in [2.45, 2.75) is 39.3 Å². The van der Waals surface area contributed by atoms with Gasteiger partial charge in [-0.25, -0.2) is 9.18 Å². The van der Waals surface area contributed by atoms with E-state index in [0.29, 0.717) is 23.5 Å². The third kappa shape index (κ3) is 4.17. The highest BCUT2D eigenvalue weighted by molar-refractivity contribution is 6.08. The molecule has 0 saturated carbocycles. The number of hydrogen-bond acceptors (Lipinski definition) is 4. The van der Waals surface area contributed by atoms with Crippen molar-refractivity contribution in [2.75, 3.05) is 13.2 Å². The maximum Gasteiger partial charge on any atom is 0.322 e. The van der Waals surface area contributed by atoms with Gasteiger partial charge in [0, 0.05) is 12.1 Å². The number of carbonyl (C=O) groups excluding carboxylic acids is 3. The summed E-state index contributed by atoms with van der Waals surface area (Å²) in [5.74, 6) is -0.596. The normalized spacial score (nSPS) is 20.2. The monoisotopic (exact) mass is 439 g/mol. The second-order valence-corrected chi connectivity index (χ2v) is 9.46. The van der Waals surface area contributed by atoms with Crippen LogP contribution in [0.25, 0.3) is 0 Å². The lowest BCUT2D eigenvalue weighted by Crippen LogP contribution is -2.52. The molecular formula is C24H26FN3O4. The molecule has 2 heterocycles. The Bertz CT molecular complexity index is 1080. The zero-order valence-electron chi connectivity index (χ0n) is 18.3. The Balaban J connectivity index is 1.55. The molecular weight excluding hydrogens is 413 g/mol. The number of rotatable bonds is 6. The van der Waals surface area contributed by atoms with Crippen LogP contribution in [0.4, 0.5) is 9.18 Å². The number of urea groups is 1. The number of amides is 4. The molecule has 2 N–H and O–H groups in total. The Morgan fingerprint density at radius 1 is 1.09 bits per heavy atom. The first-order valence-corrected chi connectivity index (χ1v) is 10.5. The molecule has 0 unspecified atom stereocenters. The fraction of sp³-hybridized carbons (Fsp3) is 0.375. The molecule has 2 aliphatic rings. The molecule has 4 amide bonds. The maximum atomic E-state index is 13.4. The molecule has 0 aliphatic carbocycles. The Hall–Kier alpha value is -3.42. The van der Waals surface area contributed by atoms with Crippen LogP contribution in [-0.4, -0.2) is 35.9 Å². The minimum Gasteiger partial charge on any atom is -0.494 e. The Labute approximate surface area is 185 Å². The summed E-state index contributed by atoms with van der Waals surface area (Å²) in [7, 11) is 0. The molecule has 2 aromatic rings. The third-order valence-corrected chi connectivity index (χ3v) is 5.78. The number of fused-ring (bicyclic) bond motifs is 1. The summed E-state index contributed by atoms with van der Waals surface area (Å²) in [6.45, 7) is 7.19. The van der Waals surface area contributed by atoms with Crippen molar-refractivity contribution in [1.29, 1.82) is 0 Å². The van der Waals surface area contributed by atoms with E-state index in [-0.39, 0.29) is 24.4 Å². The number of hydrogen-bond donors (Lipinski definition) is 2. The SMILES string of the molecule is CC(C)(C)CCOc1ccc2c(c1)CN(C[C@@]1(c3ccc(F)cc3)NC(=O)NC1=O)C2=O. The standard InChI is InChI=1S/C24H26FN3O4/c1-23(2,3)10-11-32-18-8-9-19-15(12-18)13-28(20(19)29)14-24(21(30)26-22(31)27-24)16-4-6-17(25)7-5-16/h4-9,12H,10-11,13-14H2,1-3H3,(H2,26,27,30,31)/t24-/m0/s1. The van der Waals surface area contributed by atoms with Gasteiger partial charge in [0.15, 0.2) is 5.54 Å². The smallest absolute Gasteiger partial charge is 0.322 e. The number of benzene rings is 2. The minimum absolute atomic E-state index is 0.0794. The largest absolute Gasteiger partial charge is 0.494 e. The molecule has 2 aromatic carbocycles. The number of nitrogens with zero attached hydrogens (tertiary/aromatic N) is 1. The van der Waals surface area contributed by atoms with E-state index in [1.54, 1.807) is 12.1 Å². The van der Waals surface area contributed by atoms with Gasteiger partial charge in [0.25, 0.3) is 11.8 Å². The summed E-state index contributed by atoms with van der Waals surface area (Å²) in [5.41, 5.74) is 0.394. The van der Waals surface area contributed by atoms with Gasteiger partial charge in [0.2, 0.25) is 0 Å². The van der Waals surface area contributed by atoms with Crippen LogP contribution in [0.15, 0.2) is 42.5 Å². The summed E-state index contributed by atoms with van der Waals surface area (Å²) in [6.07, 6.45) is 0.893. The van der Waals surface area contributed by atoms with Gasteiger partial charge < -0.3 is 15.0 Å². The predicted molar refractivity (Wildman–Crippen MR) is 116 cm³/mol. The molecule has 1 saturated heterocycles. The van der Waals surface area contributed by atoms with Crippen molar-refractivity contribution in [2.24, 2.45) is 5.41 Å². The lowest BCUT2D eigenvalue weighted by molar-refractivity contribution is -0.124. The highest BCUT2D eigenvalue weighted by Gasteiger charge is 2.50. The average molecular weight is 439 g/mol. The predicted octanol–water partition coefficient (Wildman–Crippen LogP) is 3.33. The van der Waals surface area contributed by atoms with Crippen LogP contribution >= 0.6 is 0 Å². The zero-order valence-corrected chi connectivity index (χ0v) is 18.3. The van der Waals surface area contributed by atoms with Crippen LogP contribution in [0.5, 0.6) is 5.75 Å². The van der Waals surface area contributed by atoms with Gasteiger partial charge in [-0.05, 0) is 53.3 Å². The number of carbonyl (C=O) groups is 3. The van der Waals surface area contributed by atoms with E-state index in [2.05, 4.69) is 31.4 Å². The first-order chi connectivity index (χ1) is 15.1. The number of ether oxygens (including phenoxy) is 1. The Kier molecular flexibility index (Phi) is 5.40. The van der Waals surface area contributed by atoms with Crippen molar-refractivity contribution >= 4 is 17.8 Å². The van der Waals surface area contributed by atoms with Crippen LogP contribution < -0.4 is 15.4 Å². The van der Waals surface area contributed by atoms with E-state index in [1.807, 2.05) is 6.07 Å². The van der Waals surface area contributed by atoms with Crippen molar-refractivity contribution in [3.05, 3.63) is 65.0 Å². The average Bonchev–Trinajstić information content (AvgIpc) is 3.17. The molecule has 0 bridgehead atoms. The van der Waals surface area contributed by atoms with Gasteiger partial charge in [-0.2, -0.15) is 0 Å². The number of nitrogens with one attached hydrogen (secondary N) is 2. The molecule has 0 spiro atoms. The van der Waals surface area contributed by atoms with Gasteiger partial charge in [-0.1, -0.05) is 32.9 Å². The Morgan fingerprint density at radius 2 is 1.81 bits per heavy atom. The third-order valence-electron chi connectivity index (χ3n) is 5.78. The van der Waals surface area contributed by atoms with Gasteiger partial charge in [0.05, 0.1) is 13.2 Å². The highest BCUT2D eigenvalue weighted by atomic mass is 19.1. The van der Waals surface area contributed by atoms with Gasteiger partial charge in [0.1, 0.15) is 11.6 Å². The van der Waals surface area contributed by atoms with Gasteiger partial charge >= 0.3 is 6.03 Å². The van der Waals surface area contributed by atoms with Crippen molar-refractivity contribution < 1.29 is 23.5 Å². The van der Waals surface area contributed by atoms with E-state index in [9.17, 15) is 18.8 Å². The van der Waals surface area contributed by atoms with Crippen LogP contribution in [-0.2, 0) is 16.9 Å². The quantitative estimate of drug-likeness (QED) is 0.676. The molecule has 168 valence electrons. The first-order valence-electron chi connectivity index (χ1n) is 10.5. The van der Waals surface area contributed by atoms with Crippen molar-refractivity contribution in [3.63, 3.8) is 0 Å². The van der Waals surface area contributed by atoms with Gasteiger partial charge in [-0.15, -0.1) is 0 Å². The lowest BCUT2D eigenvalue weighted by Gasteiger charge is -2.31. The fourth-order valence-corrected chi connectivity index (χ4v) is 3.97. The first kappa shape index (κ1) is 21.8. The summed E-state index contributed by atoms with van der Waals surface area (Å²) < 4.78 is 19.3. The number of halogens is 1. The molecule has 1 atom stereocenters. The van der Waals surface area contributed by atoms with Crippen LogP contribution in [0.3, 0.4) is 0 Å². The summed E-state index contributed by atoms with van der Waals surface area (Å²) in [5, 5.41) is 4.87. The van der Waals surface area contributed by atoms with Crippen molar-refractivity contribution in [1.82, 2.24) is 15.5 Å². The summed E-state index contributed by atoms with van der Waals surface area (Å²) in [6, 6.07) is 9.99. The second kappa shape index (κ2) is 7.93. The molecule has 8 heteroatoms. The maximum absolute atomic E-state index is 13.4. The Morgan fingerprint density at radius 3 is 2.44 bits per heavy atom. The van der Waals surface area contributed by atoms with E-state index >= 15 is 0 Å². The van der Waals surface area contributed by atoms with Crippen LogP contribution in [0.1, 0.15) is 48.7 Å². The molecule has 7 nitrogen and oxygen atoms in total. The second-order valence-electron chi connectivity index (χ2n) is 9.46. The molecule has 0 aromatic heterocycles. The van der Waals surface area contributed by atoms with E-state index in [0.717, 1.165) is 12.0 Å². The summed E-state index contributed by atoms with van der Waals surface area (Å²) in [4.78, 5) is 39.3. The fourth-order valence-electron chi connectivity index (χ4n) is 3.97. The molecule has 1 fully saturated rings. The summed E-state index contributed by atoms with van der Waals surface area (Å²) >= 11 is 0. The van der Waals surface area contributed by atoms with Crippen LogP contribution in [0.2, 0.25) is 0 Å². The molecule has 2 aliphatic heterocycles. The zero-order chi connectivity index (χ0) is 23.1. The number of imide groups is 1. The van der Waals surface area contributed by atoms with E-state index < -0.39 is 23.3 Å². The minimum atomic E-state index is -1.49. The van der Waals surface area contributed by atoms with E-state index in [4.69, 9.17) is 4.74 Å². The topological polar surface area (TPSA) is 87.7 Å². The van der Waals surface area contributed by atoms with Gasteiger partial charge in [-0.3, -0.25) is 14.9 Å². The molecule has 32 heavy (non-hydrogen) atoms. The molecule has 4 rings (SSSR count).